The number of hydrogen-bond donors (Lipinski definition) is 0. The van der Waals surface area contributed by atoms with Gasteiger partial charge in [-0.2, -0.15) is 14.6 Å². The lowest BCUT2D eigenvalue weighted by Gasteiger charge is -2.09. The molecule has 0 radical (unpaired) electrons. The normalized spacial score (nSPS) is 11.8. The van der Waals surface area contributed by atoms with Crippen LogP contribution in [0.4, 0.5) is 0 Å². The molecule has 0 amide bonds. The van der Waals surface area contributed by atoms with Crippen LogP contribution in [0, 0.1) is 6.92 Å². The molecule has 0 bridgehead atoms. The molecule has 6 rings (SSSR count). The minimum atomic E-state index is -0.221. The van der Waals surface area contributed by atoms with Gasteiger partial charge in [0.05, 0.1) is 24.4 Å². The zero-order valence-electron chi connectivity index (χ0n) is 21.0. The van der Waals surface area contributed by atoms with E-state index < -0.39 is 0 Å². The number of hydrogen-bond acceptors (Lipinski definition) is 7. The van der Waals surface area contributed by atoms with E-state index in [2.05, 4.69) is 10.1 Å². The third-order valence-corrected chi connectivity index (χ3v) is 7.16. The smallest absolute Gasteiger partial charge is 0.291 e. The number of para-hydroxylation sites is 1. The molecule has 3 aromatic carbocycles. The molecule has 0 saturated carbocycles. The molecule has 8 nitrogen and oxygen atoms in total. The Labute approximate surface area is 222 Å². The Morgan fingerprint density at radius 1 is 0.868 bits per heavy atom. The number of methoxy groups -OCH3 is 2. The van der Waals surface area contributed by atoms with E-state index in [0.717, 1.165) is 27.9 Å². The van der Waals surface area contributed by atoms with Gasteiger partial charge in [0.1, 0.15) is 5.69 Å². The van der Waals surface area contributed by atoms with Gasteiger partial charge < -0.3 is 9.47 Å². The third kappa shape index (κ3) is 4.22. The van der Waals surface area contributed by atoms with Crippen LogP contribution < -0.4 is 19.6 Å². The summed E-state index contributed by atoms with van der Waals surface area (Å²) in [5.74, 6) is 1.75. The number of fused-ring (bicyclic) bond motifs is 1. The van der Waals surface area contributed by atoms with Crippen LogP contribution in [0.1, 0.15) is 11.1 Å². The van der Waals surface area contributed by atoms with Gasteiger partial charge >= 0.3 is 0 Å². The third-order valence-electron chi connectivity index (χ3n) is 6.20. The average Bonchev–Trinajstić information content (AvgIpc) is 3.64. The first kappa shape index (κ1) is 23.6. The van der Waals surface area contributed by atoms with Crippen LogP contribution in [-0.2, 0) is 0 Å². The van der Waals surface area contributed by atoms with E-state index in [-0.39, 0.29) is 5.56 Å². The number of aromatic nitrogens is 5. The monoisotopic (exact) mass is 521 g/mol. The van der Waals surface area contributed by atoms with E-state index in [0.29, 0.717) is 32.5 Å². The number of thiazole rings is 1. The summed E-state index contributed by atoms with van der Waals surface area (Å²) in [6.45, 7) is 2.02. The molecule has 0 unspecified atom stereocenters. The van der Waals surface area contributed by atoms with Crippen molar-refractivity contribution < 1.29 is 9.47 Å². The van der Waals surface area contributed by atoms with E-state index in [4.69, 9.17) is 14.6 Å². The van der Waals surface area contributed by atoms with Crippen molar-refractivity contribution in [2.75, 3.05) is 14.2 Å². The molecule has 0 saturated heterocycles. The topological polar surface area (TPSA) is 83.5 Å². The molecule has 9 heteroatoms. The molecular weight excluding hydrogens is 498 g/mol. The molecule has 0 aliphatic heterocycles. The van der Waals surface area contributed by atoms with Gasteiger partial charge in [-0.3, -0.25) is 4.79 Å². The number of benzene rings is 3. The first-order valence-corrected chi connectivity index (χ1v) is 12.7. The van der Waals surface area contributed by atoms with Gasteiger partial charge in [-0.15, -0.1) is 5.10 Å². The van der Waals surface area contributed by atoms with Crippen molar-refractivity contribution in [3.8, 4) is 39.8 Å². The lowest BCUT2D eigenvalue weighted by Crippen LogP contribution is -2.23. The highest BCUT2D eigenvalue weighted by molar-refractivity contribution is 7.15. The maximum Gasteiger partial charge on any atom is 0.291 e. The maximum atomic E-state index is 13.3. The first-order valence-electron chi connectivity index (χ1n) is 11.9. The van der Waals surface area contributed by atoms with E-state index in [1.165, 1.54) is 15.9 Å². The summed E-state index contributed by atoms with van der Waals surface area (Å²) in [4.78, 5) is 18.5. The quantitative estimate of drug-likeness (QED) is 0.320. The zero-order valence-corrected chi connectivity index (χ0v) is 21.8. The van der Waals surface area contributed by atoms with Gasteiger partial charge in [0.2, 0.25) is 4.96 Å². The Kier molecular flexibility index (Phi) is 5.97. The second kappa shape index (κ2) is 9.60. The Morgan fingerprint density at radius 3 is 2.32 bits per heavy atom. The highest BCUT2D eigenvalue weighted by Crippen LogP contribution is 2.33. The highest BCUT2D eigenvalue weighted by Gasteiger charge is 2.16. The molecule has 0 aliphatic rings. The maximum absolute atomic E-state index is 13.3. The van der Waals surface area contributed by atoms with Crippen LogP contribution in [0.2, 0.25) is 0 Å². The van der Waals surface area contributed by atoms with Crippen molar-refractivity contribution in [1.29, 1.82) is 0 Å². The number of nitrogens with zero attached hydrogens (tertiary/aromatic N) is 5. The summed E-state index contributed by atoms with van der Waals surface area (Å²) in [6, 6.07) is 23.4. The van der Waals surface area contributed by atoms with E-state index in [1.807, 2.05) is 92.0 Å². The summed E-state index contributed by atoms with van der Waals surface area (Å²) in [5.41, 5.74) is 5.02. The molecule has 38 heavy (non-hydrogen) atoms. The van der Waals surface area contributed by atoms with Crippen molar-refractivity contribution in [2.45, 2.75) is 6.92 Å². The fourth-order valence-corrected chi connectivity index (χ4v) is 5.11. The Balaban J connectivity index is 1.49. The van der Waals surface area contributed by atoms with E-state index >= 15 is 0 Å². The number of rotatable bonds is 6. The summed E-state index contributed by atoms with van der Waals surface area (Å²) in [7, 11) is 3.20. The molecule has 6 aromatic rings. The van der Waals surface area contributed by atoms with Crippen LogP contribution in [0.25, 0.3) is 39.4 Å². The van der Waals surface area contributed by atoms with Crippen molar-refractivity contribution in [3.05, 3.63) is 105 Å². The van der Waals surface area contributed by atoms with Gasteiger partial charge in [0.15, 0.2) is 17.3 Å². The molecule has 0 spiro atoms. The molecule has 0 N–H and O–H groups in total. The van der Waals surface area contributed by atoms with Crippen LogP contribution in [0.3, 0.4) is 0 Å². The Morgan fingerprint density at radius 2 is 1.61 bits per heavy atom. The lowest BCUT2D eigenvalue weighted by molar-refractivity contribution is 0.355. The Hall–Kier alpha value is -4.76. The van der Waals surface area contributed by atoms with Gasteiger partial charge in [0, 0.05) is 22.9 Å². The first-order chi connectivity index (χ1) is 18.5. The fraction of sp³-hybridized carbons (Fsp3) is 0.103. The van der Waals surface area contributed by atoms with Crippen molar-refractivity contribution in [2.24, 2.45) is 0 Å². The number of aryl methyl sites for hydroxylation is 1. The zero-order chi connectivity index (χ0) is 26.2. The predicted octanol–water partition coefficient (Wildman–Crippen LogP) is 4.54. The van der Waals surface area contributed by atoms with Gasteiger partial charge in [-0.05, 0) is 43.3 Å². The van der Waals surface area contributed by atoms with Crippen molar-refractivity contribution in [3.63, 3.8) is 0 Å². The van der Waals surface area contributed by atoms with Gasteiger partial charge in [-0.1, -0.05) is 59.4 Å². The summed E-state index contributed by atoms with van der Waals surface area (Å²) in [6.07, 6.45) is 3.75. The average molecular weight is 522 g/mol. The summed E-state index contributed by atoms with van der Waals surface area (Å²) in [5, 5.41) is 9.35. The fourth-order valence-electron chi connectivity index (χ4n) is 4.21. The lowest BCUT2D eigenvalue weighted by atomic mass is 10.1. The van der Waals surface area contributed by atoms with Gasteiger partial charge in [-0.25, -0.2) is 4.68 Å². The van der Waals surface area contributed by atoms with Crippen LogP contribution in [-0.4, -0.2) is 38.6 Å². The molecule has 3 aromatic heterocycles. The molecule has 0 fully saturated rings. The molecular formula is C29H23N5O3S. The Bertz CT molecular complexity index is 1870. The van der Waals surface area contributed by atoms with Crippen molar-refractivity contribution >= 4 is 22.4 Å². The molecule has 0 atom stereocenters. The predicted molar refractivity (Wildman–Crippen MR) is 148 cm³/mol. The standard InChI is InChI=1S/C29H23N5O3S/c1-18-9-11-19(12-10-18)27-30-29-34(32-27)28(35)25(38-29)16-21-17-33(22-7-5-4-6-8-22)31-26(21)20-13-14-23(36-2)24(15-20)37-3/h4-17H,1-3H3/b25-16-. The molecule has 3 heterocycles. The minimum Gasteiger partial charge on any atom is -0.493 e. The SMILES string of the molecule is COc1ccc(-c2nn(-c3ccccc3)cc2/C=c2\sc3nc(-c4ccc(C)cc4)nn3c2=O)cc1OC. The summed E-state index contributed by atoms with van der Waals surface area (Å²) < 4.78 is 14.6. The minimum absolute atomic E-state index is 0.221. The second-order valence-corrected chi connectivity index (χ2v) is 9.70. The van der Waals surface area contributed by atoms with Crippen molar-refractivity contribution in [1.82, 2.24) is 24.4 Å². The summed E-state index contributed by atoms with van der Waals surface area (Å²) >= 11 is 1.30. The van der Waals surface area contributed by atoms with Gasteiger partial charge in [0.25, 0.3) is 5.56 Å². The highest BCUT2D eigenvalue weighted by atomic mass is 32.1. The van der Waals surface area contributed by atoms with Crippen LogP contribution in [0.15, 0.2) is 83.8 Å². The molecule has 188 valence electrons. The molecule has 0 aliphatic carbocycles. The number of ether oxygens (including phenoxy) is 2. The van der Waals surface area contributed by atoms with Crippen LogP contribution >= 0.6 is 11.3 Å². The largest absolute Gasteiger partial charge is 0.493 e. The van der Waals surface area contributed by atoms with E-state index in [9.17, 15) is 4.79 Å². The van der Waals surface area contributed by atoms with Crippen LogP contribution in [0.5, 0.6) is 11.5 Å². The second-order valence-electron chi connectivity index (χ2n) is 8.69. The van der Waals surface area contributed by atoms with E-state index in [1.54, 1.807) is 18.9 Å².